The van der Waals surface area contributed by atoms with Gasteiger partial charge in [0.2, 0.25) is 0 Å². The van der Waals surface area contributed by atoms with Crippen LogP contribution in [-0.2, 0) is 16.0 Å². The number of halogens is 3. The second-order valence-corrected chi connectivity index (χ2v) is 7.47. The molecule has 0 radical (unpaired) electrons. The van der Waals surface area contributed by atoms with E-state index in [1.807, 2.05) is 6.92 Å². The number of aromatic nitrogens is 2. The minimum absolute atomic E-state index is 0.0228. The molecule has 0 aliphatic heterocycles. The Balaban J connectivity index is 1.90. The number of nitrogens with one attached hydrogen (secondary N) is 1. The number of alkyl halides is 3. The fraction of sp³-hybridized carbons (Fsp3) is 0.500. The first-order valence-electron chi connectivity index (χ1n) is 10.7. The van der Waals surface area contributed by atoms with Crippen LogP contribution in [0.2, 0.25) is 0 Å². The highest BCUT2D eigenvalue weighted by molar-refractivity contribution is 5.94. The van der Waals surface area contributed by atoms with Crippen LogP contribution in [0.4, 0.5) is 13.2 Å². The van der Waals surface area contributed by atoms with Crippen molar-refractivity contribution in [2.75, 3.05) is 13.2 Å². The second-order valence-electron chi connectivity index (χ2n) is 7.47. The van der Waals surface area contributed by atoms with Gasteiger partial charge in [-0.15, -0.1) is 33.4 Å². The summed E-state index contributed by atoms with van der Waals surface area (Å²) in [5, 5.41) is 24.4. The van der Waals surface area contributed by atoms with Crippen LogP contribution in [0.15, 0.2) is 36.7 Å². The molecule has 1 heterocycles. The summed E-state index contributed by atoms with van der Waals surface area (Å²) >= 11 is 0. The molecule has 0 saturated heterocycles. The summed E-state index contributed by atoms with van der Waals surface area (Å²) in [5.74, 6) is -0.482. The van der Waals surface area contributed by atoms with Gasteiger partial charge in [-0.1, -0.05) is 25.5 Å². The number of amides is 1. The van der Waals surface area contributed by atoms with Crippen LogP contribution in [0.1, 0.15) is 54.6 Å². The normalized spacial score (nSPS) is 12.9. The van der Waals surface area contributed by atoms with Crippen molar-refractivity contribution < 1.29 is 42.6 Å². The Kier molecular flexibility index (Phi) is 10.2. The molecule has 13 nitrogen and oxygen atoms in total. The summed E-state index contributed by atoms with van der Waals surface area (Å²) in [6.07, 6.45) is -3.21. The largest absolute Gasteiger partial charge is 0.504 e. The quantitative estimate of drug-likeness (QED) is 0.211. The van der Waals surface area contributed by atoms with Gasteiger partial charge >= 0.3 is 6.30 Å². The van der Waals surface area contributed by atoms with Gasteiger partial charge in [0.05, 0.1) is 12.4 Å². The Labute approximate surface area is 202 Å². The molecular weight excluding hydrogens is 495 g/mol. The van der Waals surface area contributed by atoms with Gasteiger partial charge in [0, 0.05) is 12.1 Å². The molecule has 16 heteroatoms. The number of ether oxygens (including phenoxy) is 1. The molecule has 1 N–H and O–H groups in total. The third kappa shape index (κ3) is 9.27. The van der Waals surface area contributed by atoms with Crippen LogP contribution in [0.5, 0.6) is 5.75 Å². The van der Waals surface area contributed by atoms with Gasteiger partial charge in [0.1, 0.15) is 18.8 Å². The van der Waals surface area contributed by atoms with E-state index in [2.05, 4.69) is 20.1 Å². The lowest BCUT2D eigenvalue weighted by atomic mass is 10.0. The zero-order valence-corrected chi connectivity index (χ0v) is 19.1. The number of hydrogen-bond donors (Lipinski definition) is 1. The van der Waals surface area contributed by atoms with Crippen LogP contribution in [0, 0.1) is 20.2 Å². The van der Waals surface area contributed by atoms with Crippen molar-refractivity contribution in [2.24, 2.45) is 0 Å². The maximum Gasteiger partial charge on any atom is 0.504 e. The van der Waals surface area contributed by atoms with Gasteiger partial charge in [-0.3, -0.25) is 4.79 Å². The first-order valence-corrected chi connectivity index (χ1v) is 10.7. The van der Waals surface area contributed by atoms with Crippen molar-refractivity contribution in [1.82, 2.24) is 15.1 Å². The van der Waals surface area contributed by atoms with Gasteiger partial charge < -0.3 is 19.7 Å². The van der Waals surface area contributed by atoms with E-state index in [0.717, 1.165) is 12.4 Å². The predicted octanol–water partition coefficient (Wildman–Crippen LogP) is 3.57. The molecule has 0 aliphatic rings. The van der Waals surface area contributed by atoms with Gasteiger partial charge in [-0.25, -0.2) is 0 Å². The minimum Gasteiger partial charge on any atom is -0.482 e. The molecule has 1 aromatic heterocycles. The van der Waals surface area contributed by atoms with Crippen molar-refractivity contribution in [3.8, 4) is 5.75 Å². The smallest absolute Gasteiger partial charge is 0.482 e. The Morgan fingerprint density at radius 3 is 2.42 bits per heavy atom. The van der Waals surface area contributed by atoms with Gasteiger partial charge in [-0.05, 0) is 37.0 Å². The molecule has 0 aliphatic carbocycles. The summed E-state index contributed by atoms with van der Waals surface area (Å²) in [6.45, 7) is 1.38. The van der Waals surface area contributed by atoms with E-state index in [4.69, 9.17) is 4.74 Å². The highest BCUT2D eigenvalue weighted by Gasteiger charge is 2.32. The molecule has 2 aromatic rings. The lowest BCUT2D eigenvalue weighted by Gasteiger charge is -2.18. The Bertz CT molecular complexity index is 1020. The third-order valence-electron chi connectivity index (χ3n) is 4.78. The molecule has 2 atom stereocenters. The topological polar surface area (TPSA) is 161 Å². The highest BCUT2D eigenvalue weighted by Crippen LogP contribution is 2.29. The molecule has 0 spiro atoms. The van der Waals surface area contributed by atoms with Gasteiger partial charge in [0.25, 0.3) is 16.1 Å². The lowest BCUT2D eigenvalue weighted by molar-refractivity contribution is -0.790. The number of carbonyl (C=O) groups excluding carboxylic acids is 1. The molecule has 198 valence electrons. The maximum absolute atomic E-state index is 12.7. The van der Waals surface area contributed by atoms with E-state index >= 15 is 0 Å². The van der Waals surface area contributed by atoms with Crippen LogP contribution < -0.4 is 10.1 Å². The molecule has 2 unspecified atom stereocenters. The summed E-state index contributed by atoms with van der Waals surface area (Å²) in [5.41, 5.74) is 0.951. The van der Waals surface area contributed by atoms with E-state index in [1.54, 1.807) is 12.1 Å². The lowest BCUT2D eigenvalue weighted by Crippen LogP contribution is -2.28. The number of benzene rings is 1. The summed E-state index contributed by atoms with van der Waals surface area (Å²) in [7, 11) is 0. The fourth-order valence-electron chi connectivity index (χ4n) is 3.14. The first kappa shape index (κ1) is 28.1. The maximum atomic E-state index is 12.7. The average molecular weight is 519 g/mol. The molecule has 0 saturated carbocycles. The van der Waals surface area contributed by atoms with Crippen molar-refractivity contribution in [2.45, 2.75) is 51.1 Å². The Morgan fingerprint density at radius 2 is 1.86 bits per heavy atom. The van der Waals surface area contributed by atoms with Crippen LogP contribution in [0.3, 0.4) is 0 Å². The predicted molar refractivity (Wildman–Crippen MR) is 115 cm³/mol. The van der Waals surface area contributed by atoms with Gasteiger partial charge in [-0.2, -0.15) is 9.78 Å². The fourth-order valence-corrected chi connectivity index (χ4v) is 3.14. The van der Waals surface area contributed by atoms with E-state index in [9.17, 15) is 38.2 Å². The molecule has 1 aromatic carbocycles. The van der Waals surface area contributed by atoms with Crippen molar-refractivity contribution >= 4 is 5.91 Å². The zero-order chi connectivity index (χ0) is 26.7. The summed E-state index contributed by atoms with van der Waals surface area (Å²) in [4.78, 5) is 41.5. The van der Waals surface area contributed by atoms with Crippen LogP contribution in [0.25, 0.3) is 0 Å². The van der Waals surface area contributed by atoms with E-state index in [-0.39, 0.29) is 29.8 Å². The third-order valence-corrected chi connectivity index (χ3v) is 4.78. The van der Waals surface area contributed by atoms with E-state index in [1.165, 1.54) is 12.1 Å². The number of rotatable bonds is 15. The second kappa shape index (κ2) is 13.1. The SMILES string of the molecule is CCCC(Oc1cnn(C(F)(F)F)c1)c1ccc(C(=O)NCCCC(CO[N+](=O)[O-])O[N+](=O)[O-])cc1. The molecule has 2 rings (SSSR count). The van der Waals surface area contributed by atoms with Crippen LogP contribution in [-0.4, -0.2) is 45.1 Å². The molecule has 0 fully saturated rings. The summed E-state index contributed by atoms with van der Waals surface area (Å²) in [6, 6.07) is 6.30. The number of carbonyl (C=O) groups is 1. The monoisotopic (exact) mass is 519 g/mol. The van der Waals surface area contributed by atoms with Gasteiger partial charge in [0.15, 0.2) is 5.75 Å². The molecular formula is C20H24F3N5O8. The van der Waals surface area contributed by atoms with Crippen molar-refractivity contribution in [3.05, 3.63) is 68.0 Å². The number of hydrogen-bond acceptors (Lipinski definition) is 9. The van der Waals surface area contributed by atoms with E-state index < -0.39 is 41.2 Å². The summed E-state index contributed by atoms with van der Waals surface area (Å²) < 4.78 is 43.7. The average Bonchev–Trinajstić information content (AvgIpc) is 3.29. The van der Waals surface area contributed by atoms with Crippen molar-refractivity contribution in [1.29, 1.82) is 0 Å². The molecule has 0 bridgehead atoms. The van der Waals surface area contributed by atoms with E-state index in [0.29, 0.717) is 24.0 Å². The Morgan fingerprint density at radius 1 is 1.17 bits per heavy atom. The van der Waals surface area contributed by atoms with Crippen LogP contribution >= 0.6 is 0 Å². The molecule has 36 heavy (non-hydrogen) atoms. The minimum atomic E-state index is -4.65. The number of nitrogens with zero attached hydrogens (tertiary/aromatic N) is 4. The standard InChI is InChI=1S/C20H24F3N5O8/c1-2-4-18(35-17-11-25-26(12-17)20(21,22)23)14-6-8-15(9-7-14)19(29)24-10-3-5-16(36-28(32)33)13-34-27(30)31/h6-9,11-12,16,18H,2-5,10,13H2,1H3,(H,24,29). The first-order chi connectivity index (χ1) is 17.0. The Hall–Kier alpha value is -4.11. The van der Waals surface area contributed by atoms with Crippen molar-refractivity contribution in [3.63, 3.8) is 0 Å². The molecule has 1 amide bonds. The zero-order valence-electron chi connectivity index (χ0n) is 19.1. The highest BCUT2D eigenvalue weighted by atomic mass is 19.4.